The summed E-state index contributed by atoms with van der Waals surface area (Å²) in [5, 5.41) is 3.67. The van der Waals surface area contributed by atoms with Crippen LogP contribution in [0.15, 0.2) is 24.3 Å². The van der Waals surface area contributed by atoms with Crippen LogP contribution in [0.25, 0.3) is 0 Å². The SMILES string of the molecule is CCc1ccc(C(CC)NCC(C)CC)cc1. The summed E-state index contributed by atoms with van der Waals surface area (Å²) in [5.41, 5.74) is 2.85. The molecule has 17 heavy (non-hydrogen) atoms. The molecule has 1 N–H and O–H groups in total. The number of hydrogen-bond acceptors (Lipinski definition) is 1. The molecule has 2 unspecified atom stereocenters. The van der Waals surface area contributed by atoms with Crippen molar-refractivity contribution in [1.29, 1.82) is 0 Å². The lowest BCUT2D eigenvalue weighted by Gasteiger charge is -2.20. The zero-order valence-electron chi connectivity index (χ0n) is 11.8. The minimum absolute atomic E-state index is 0.509. The fourth-order valence-corrected chi connectivity index (χ4v) is 1.97. The van der Waals surface area contributed by atoms with E-state index in [-0.39, 0.29) is 0 Å². The standard InChI is InChI=1S/C16H27N/c1-5-13(4)12-17-16(7-3)15-10-8-14(6-2)9-11-15/h8-11,13,16-17H,5-7,12H2,1-4H3. The van der Waals surface area contributed by atoms with E-state index in [2.05, 4.69) is 57.3 Å². The van der Waals surface area contributed by atoms with Crippen LogP contribution in [-0.4, -0.2) is 6.54 Å². The van der Waals surface area contributed by atoms with Gasteiger partial charge in [0.1, 0.15) is 0 Å². The Labute approximate surface area is 107 Å². The zero-order chi connectivity index (χ0) is 12.7. The molecule has 0 spiro atoms. The normalized spacial score (nSPS) is 14.6. The van der Waals surface area contributed by atoms with E-state index in [0.717, 1.165) is 25.3 Å². The number of hydrogen-bond donors (Lipinski definition) is 1. The van der Waals surface area contributed by atoms with Gasteiger partial charge in [-0.3, -0.25) is 0 Å². The molecule has 0 amide bonds. The van der Waals surface area contributed by atoms with Crippen molar-refractivity contribution < 1.29 is 0 Å². The summed E-state index contributed by atoms with van der Waals surface area (Å²) in [5.74, 6) is 0.763. The van der Waals surface area contributed by atoms with Gasteiger partial charge in [0, 0.05) is 6.04 Å². The van der Waals surface area contributed by atoms with Gasteiger partial charge in [0.2, 0.25) is 0 Å². The van der Waals surface area contributed by atoms with Crippen LogP contribution in [0.4, 0.5) is 0 Å². The molecule has 1 aromatic carbocycles. The van der Waals surface area contributed by atoms with E-state index in [1.807, 2.05) is 0 Å². The maximum Gasteiger partial charge on any atom is 0.0317 e. The summed E-state index contributed by atoms with van der Waals surface area (Å²) in [4.78, 5) is 0. The first-order chi connectivity index (χ1) is 8.21. The molecule has 0 bridgehead atoms. The van der Waals surface area contributed by atoms with E-state index in [1.165, 1.54) is 17.5 Å². The van der Waals surface area contributed by atoms with Crippen LogP contribution in [-0.2, 0) is 6.42 Å². The Morgan fingerprint density at radius 1 is 1.00 bits per heavy atom. The fraction of sp³-hybridized carbons (Fsp3) is 0.625. The number of rotatable bonds is 7. The summed E-state index contributed by atoms with van der Waals surface area (Å²) in [6, 6.07) is 9.56. The van der Waals surface area contributed by atoms with E-state index in [0.29, 0.717) is 6.04 Å². The van der Waals surface area contributed by atoms with Crippen LogP contribution in [0.3, 0.4) is 0 Å². The van der Waals surface area contributed by atoms with Gasteiger partial charge < -0.3 is 5.32 Å². The highest BCUT2D eigenvalue weighted by atomic mass is 14.9. The Bertz CT molecular complexity index is 302. The second-order valence-corrected chi connectivity index (χ2v) is 4.98. The van der Waals surface area contributed by atoms with Crippen molar-refractivity contribution in [2.75, 3.05) is 6.54 Å². The lowest BCUT2D eigenvalue weighted by Crippen LogP contribution is -2.25. The van der Waals surface area contributed by atoms with Gasteiger partial charge in [-0.05, 0) is 36.4 Å². The molecule has 0 aromatic heterocycles. The zero-order valence-corrected chi connectivity index (χ0v) is 11.8. The fourth-order valence-electron chi connectivity index (χ4n) is 1.97. The predicted molar refractivity (Wildman–Crippen MR) is 76.3 cm³/mol. The van der Waals surface area contributed by atoms with E-state index in [1.54, 1.807) is 0 Å². The van der Waals surface area contributed by atoms with E-state index in [9.17, 15) is 0 Å². The summed E-state index contributed by atoms with van der Waals surface area (Å²) in [7, 11) is 0. The highest BCUT2D eigenvalue weighted by Crippen LogP contribution is 2.18. The molecule has 2 atom stereocenters. The molecule has 1 aromatic rings. The van der Waals surface area contributed by atoms with Gasteiger partial charge in [0.15, 0.2) is 0 Å². The van der Waals surface area contributed by atoms with Crippen molar-refractivity contribution in [1.82, 2.24) is 5.32 Å². The highest BCUT2D eigenvalue weighted by Gasteiger charge is 2.09. The number of nitrogens with one attached hydrogen (secondary N) is 1. The van der Waals surface area contributed by atoms with Crippen molar-refractivity contribution in [3.05, 3.63) is 35.4 Å². The molecule has 1 nitrogen and oxygen atoms in total. The molecule has 0 saturated heterocycles. The summed E-state index contributed by atoms with van der Waals surface area (Å²) in [6.07, 6.45) is 3.53. The smallest absolute Gasteiger partial charge is 0.0317 e. The van der Waals surface area contributed by atoms with Crippen molar-refractivity contribution in [3.8, 4) is 0 Å². The Balaban J connectivity index is 2.59. The van der Waals surface area contributed by atoms with Crippen LogP contribution in [0, 0.1) is 5.92 Å². The summed E-state index contributed by atoms with van der Waals surface area (Å²) >= 11 is 0. The first kappa shape index (κ1) is 14.2. The number of benzene rings is 1. The Morgan fingerprint density at radius 2 is 1.65 bits per heavy atom. The minimum atomic E-state index is 0.509. The molecule has 1 heteroatoms. The van der Waals surface area contributed by atoms with Crippen LogP contribution in [0.1, 0.15) is 57.7 Å². The van der Waals surface area contributed by atoms with Gasteiger partial charge in [0.25, 0.3) is 0 Å². The van der Waals surface area contributed by atoms with Gasteiger partial charge in [0.05, 0.1) is 0 Å². The maximum absolute atomic E-state index is 3.67. The van der Waals surface area contributed by atoms with E-state index in [4.69, 9.17) is 0 Å². The van der Waals surface area contributed by atoms with Crippen molar-refractivity contribution >= 4 is 0 Å². The molecular formula is C16H27N. The molecule has 96 valence electrons. The van der Waals surface area contributed by atoms with E-state index < -0.39 is 0 Å². The Kier molecular flexibility index (Phi) is 6.28. The third-order valence-corrected chi connectivity index (χ3v) is 3.61. The summed E-state index contributed by atoms with van der Waals surface area (Å²) in [6.45, 7) is 10.1. The lowest BCUT2D eigenvalue weighted by molar-refractivity contribution is 0.438. The largest absolute Gasteiger partial charge is 0.310 e. The lowest BCUT2D eigenvalue weighted by atomic mass is 10.0. The monoisotopic (exact) mass is 233 g/mol. The van der Waals surface area contributed by atoms with Gasteiger partial charge in [-0.15, -0.1) is 0 Å². The molecule has 0 aliphatic heterocycles. The second kappa shape index (κ2) is 7.50. The molecule has 0 aliphatic carbocycles. The molecule has 1 rings (SSSR count). The van der Waals surface area contributed by atoms with Gasteiger partial charge in [-0.2, -0.15) is 0 Å². The Hall–Kier alpha value is -0.820. The molecule has 0 radical (unpaired) electrons. The third-order valence-electron chi connectivity index (χ3n) is 3.61. The van der Waals surface area contributed by atoms with E-state index >= 15 is 0 Å². The molecular weight excluding hydrogens is 206 g/mol. The predicted octanol–water partition coefficient (Wildman–Crippen LogP) is 4.34. The molecule has 0 heterocycles. The highest BCUT2D eigenvalue weighted by molar-refractivity contribution is 5.25. The van der Waals surface area contributed by atoms with Crippen LogP contribution >= 0.6 is 0 Å². The van der Waals surface area contributed by atoms with Crippen LogP contribution < -0.4 is 5.32 Å². The first-order valence-corrected chi connectivity index (χ1v) is 7.03. The topological polar surface area (TPSA) is 12.0 Å². The second-order valence-electron chi connectivity index (χ2n) is 4.98. The van der Waals surface area contributed by atoms with Gasteiger partial charge in [-0.25, -0.2) is 0 Å². The molecule has 0 aliphatic rings. The van der Waals surface area contributed by atoms with Crippen molar-refractivity contribution in [2.24, 2.45) is 5.92 Å². The average molecular weight is 233 g/mol. The van der Waals surface area contributed by atoms with Gasteiger partial charge in [-0.1, -0.05) is 58.4 Å². The molecule has 0 saturated carbocycles. The number of aryl methyl sites for hydroxylation is 1. The van der Waals surface area contributed by atoms with Crippen LogP contribution in [0.2, 0.25) is 0 Å². The first-order valence-electron chi connectivity index (χ1n) is 7.03. The van der Waals surface area contributed by atoms with Crippen LogP contribution in [0.5, 0.6) is 0 Å². The van der Waals surface area contributed by atoms with Crippen molar-refractivity contribution in [2.45, 2.75) is 53.0 Å². The third kappa shape index (κ3) is 4.51. The molecule has 0 fully saturated rings. The van der Waals surface area contributed by atoms with Crippen molar-refractivity contribution in [3.63, 3.8) is 0 Å². The quantitative estimate of drug-likeness (QED) is 0.739. The average Bonchev–Trinajstić information content (AvgIpc) is 2.39. The van der Waals surface area contributed by atoms with Gasteiger partial charge >= 0.3 is 0 Å². The minimum Gasteiger partial charge on any atom is -0.310 e. The Morgan fingerprint density at radius 3 is 2.12 bits per heavy atom. The maximum atomic E-state index is 3.67. The summed E-state index contributed by atoms with van der Waals surface area (Å²) < 4.78 is 0.